The van der Waals surface area contributed by atoms with Gasteiger partial charge in [-0.15, -0.1) is 12.4 Å². The van der Waals surface area contributed by atoms with Crippen LogP contribution in [0.5, 0.6) is 0 Å². The number of carbonyl (C=O) groups is 1. The Bertz CT molecular complexity index is 529. The summed E-state index contributed by atoms with van der Waals surface area (Å²) >= 11 is 0. The van der Waals surface area contributed by atoms with E-state index in [0.29, 0.717) is 12.6 Å². The average Bonchev–Trinajstić information content (AvgIpc) is 3.01. The monoisotopic (exact) mass is 355 g/mol. The number of piperazine rings is 1. The molecule has 6 nitrogen and oxygen atoms in total. The molecule has 1 N–H and O–H groups in total. The van der Waals surface area contributed by atoms with Crippen LogP contribution in [0.25, 0.3) is 0 Å². The molecule has 1 aliphatic heterocycles. The van der Waals surface area contributed by atoms with Crippen molar-refractivity contribution in [3.8, 4) is 0 Å². The zero-order valence-electron chi connectivity index (χ0n) is 14.8. The third kappa shape index (κ3) is 4.29. The molecule has 1 saturated heterocycles. The molecule has 2 fully saturated rings. The molecule has 2 heterocycles. The van der Waals surface area contributed by atoms with Gasteiger partial charge < -0.3 is 14.8 Å². The molecule has 24 heavy (non-hydrogen) atoms. The number of hydrogen-bond acceptors (Lipinski definition) is 4. The standard InChI is InChI=1S/C17H29N5O.ClH/c1-20-10-9-19-17(20)15-12-18-8-11-22(15)13-16(23)21(2)14-6-4-3-5-7-14;/h9-10,14-15,18H,3-8,11-13H2,1-2H3;1H. The van der Waals surface area contributed by atoms with Gasteiger partial charge in [0.15, 0.2) is 0 Å². The summed E-state index contributed by atoms with van der Waals surface area (Å²) < 4.78 is 2.06. The Labute approximate surface area is 151 Å². The summed E-state index contributed by atoms with van der Waals surface area (Å²) in [6.07, 6.45) is 9.95. The molecule has 1 aromatic rings. The molecular formula is C17H30ClN5O. The van der Waals surface area contributed by atoms with Crippen LogP contribution in [-0.2, 0) is 11.8 Å². The summed E-state index contributed by atoms with van der Waals surface area (Å²) in [4.78, 5) is 21.5. The van der Waals surface area contributed by atoms with Gasteiger partial charge in [-0.2, -0.15) is 0 Å². The second kappa shape index (κ2) is 8.83. The van der Waals surface area contributed by atoms with Crippen molar-refractivity contribution in [1.29, 1.82) is 0 Å². The zero-order chi connectivity index (χ0) is 16.2. The van der Waals surface area contributed by atoms with Gasteiger partial charge in [0, 0.05) is 52.2 Å². The number of hydrogen-bond donors (Lipinski definition) is 1. The number of nitrogens with one attached hydrogen (secondary N) is 1. The minimum Gasteiger partial charge on any atom is -0.342 e. The quantitative estimate of drug-likeness (QED) is 0.891. The smallest absolute Gasteiger partial charge is 0.236 e. The number of halogens is 1. The van der Waals surface area contributed by atoms with E-state index in [-0.39, 0.29) is 24.4 Å². The van der Waals surface area contributed by atoms with Gasteiger partial charge in [-0.1, -0.05) is 19.3 Å². The molecule has 1 saturated carbocycles. The summed E-state index contributed by atoms with van der Waals surface area (Å²) in [7, 11) is 4.00. The minimum absolute atomic E-state index is 0. The van der Waals surface area contributed by atoms with Crippen molar-refractivity contribution < 1.29 is 4.79 Å². The highest BCUT2D eigenvalue weighted by molar-refractivity contribution is 5.85. The van der Waals surface area contributed by atoms with Crippen LogP contribution < -0.4 is 5.32 Å². The van der Waals surface area contributed by atoms with E-state index in [2.05, 4.69) is 19.8 Å². The molecule has 0 spiro atoms. The molecule has 2 aliphatic rings. The highest BCUT2D eigenvalue weighted by Crippen LogP contribution is 2.23. The molecule has 7 heteroatoms. The normalized spacial score (nSPS) is 22.8. The van der Waals surface area contributed by atoms with Crippen molar-refractivity contribution in [2.45, 2.75) is 44.2 Å². The van der Waals surface area contributed by atoms with Crippen molar-refractivity contribution in [1.82, 2.24) is 24.7 Å². The first-order chi connectivity index (χ1) is 11.2. The fraction of sp³-hybridized carbons (Fsp3) is 0.765. The topological polar surface area (TPSA) is 53.4 Å². The van der Waals surface area contributed by atoms with Gasteiger partial charge in [-0.25, -0.2) is 4.98 Å². The first-order valence-electron chi connectivity index (χ1n) is 8.84. The van der Waals surface area contributed by atoms with Crippen molar-refractivity contribution >= 4 is 18.3 Å². The van der Waals surface area contributed by atoms with Crippen molar-refractivity contribution in [2.24, 2.45) is 7.05 Å². The van der Waals surface area contributed by atoms with Crippen LogP contribution in [0.4, 0.5) is 0 Å². The lowest BCUT2D eigenvalue weighted by Crippen LogP contribution is -2.51. The van der Waals surface area contributed by atoms with E-state index in [0.717, 1.165) is 38.3 Å². The first kappa shape index (κ1) is 19.2. The van der Waals surface area contributed by atoms with Crippen LogP contribution >= 0.6 is 12.4 Å². The predicted molar refractivity (Wildman–Crippen MR) is 97.3 cm³/mol. The fourth-order valence-electron chi connectivity index (χ4n) is 3.85. The zero-order valence-corrected chi connectivity index (χ0v) is 15.6. The molecule has 0 aromatic carbocycles. The number of rotatable bonds is 4. The predicted octanol–water partition coefficient (Wildman–Crippen LogP) is 1.58. The van der Waals surface area contributed by atoms with Gasteiger partial charge in [0.1, 0.15) is 5.82 Å². The summed E-state index contributed by atoms with van der Waals surface area (Å²) in [5.41, 5.74) is 0. The van der Waals surface area contributed by atoms with Crippen molar-refractivity contribution in [3.05, 3.63) is 18.2 Å². The van der Waals surface area contributed by atoms with Gasteiger partial charge in [0.05, 0.1) is 12.6 Å². The Balaban J connectivity index is 0.00000208. The number of aromatic nitrogens is 2. The van der Waals surface area contributed by atoms with E-state index in [1.165, 1.54) is 19.3 Å². The van der Waals surface area contributed by atoms with E-state index in [1.807, 2.05) is 31.4 Å². The lowest BCUT2D eigenvalue weighted by molar-refractivity contribution is -0.134. The van der Waals surface area contributed by atoms with E-state index in [1.54, 1.807) is 0 Å². The third-order valence-electron chi connectivity index (χ3n) is 5.36. The number of nitrogens with zero attached hydrogens (tertiary/aromatic N) is 4. The molecule has 1 unspecified atom stereocenters. The van der Waals surface area contributed by atoms with Crippen LogP contribution in [-0.4, -0.2) is 64.5 Å². The number of likely N-dealkylation sites (N-methyl/N-ethyl adjacent to an activating group) is 1. The van der Waals surface area contributed by atoms with Gasteiger partial charge in [0.25, 0.3) is 0 Å². The van der Waals surface area contributed by atoms with Gasteiger partial charge in [0.2, 0.25) is 5.91 Å². The second-order valence-electron chi connectivity index (χ2n) is 6.88. The Morgan fingerprint density at radius 3 is 2.79 bits per heavy atom. The summed E-state index contributed by atoms with van der Waals surface area (Å²) in [6, 6.07) is 0.609. The van der Waals surface area contributed by atoms with Crippen LogP contribution in [0, 0.1) is 0 Å². The summed E-state index contributed by atoms with van der Waals surface area (Å²) in [5.74, 6) is 1.28. The fourth-order valence-corrected chi connectivity index (χ4v) is 3.85. The first-order valence-corrected chi connectivity index (χ1v) is 8.84. The largest absolute Gasteiger partial charge is 0.342 e. The van der Waals surface area contributed by atoms with E-state index < -0.39 is 0 Å². The third-order valence-corrected chi connectivity index (χ3v) is 5.36. The lowest BCUT2D eigenvalue weighted by atomic mass is 9.94. The van der Waals surface area contributed by atoms with Gasteiger partial charge in [-0.3, -0.25) is 9.69 Å². The van der Waals surface area contributed by atoms with Crippen LogP contribution in [0.1, 0.15) is 44.0 Å². The minimum atomic E-state index is 0. The Morgan fingerprint density at radius 1 is 1.38 bits per heavy atom. The maximum absolute atomic E-state index is 12.7. The van der Waals surface area contributed by atoms with E-state index in [4.69, 9.17) is 0 Å². The summed E-state index contributed by atoms with van der Waals surface area (Å²) in [5, 5.41) is 3.43. The van der Waals surface area contributed by atoms with Gasteiger partial charge >= 0.3 is 0 Å². The van der Waals surface area contributed by atoms with E-state index >= 15 is 0 Å². The second-order valence-corrected chi connectivity index (χ2v) is 6.88. The van der Waals surface area contributed by atoms with Crippen LogP contribution in [0.15, 0.2) is 12.4 Å². The lowest BCUT2D eigenvalue weighted by Gasteiger charge is -2.37. The molecule has 1 atom stereocenters. The van der Waals surface area contributed by atoms with Crippen molar-refractivity contribution in [3.63, 3.8) is 0 Å². The highest BCUT2D eigenvalue weighted by atomic mass is 35.5. The van der Waals surface area contributed by atoms with Crippen molar-refractivity contribution in [2.75, 3.05) is 33.2 Å². The number of aryl methyl sites for hydroxylation is 1. The molecule has 0 radical (unpaired) electrons. The Kier molecular flexibility index (Phi) is 7.07. The number of carbonyl (C=O) groups excluding carboxylic acids is 1. The number of imidazole rings is 1. The maximum Gasteiger partial charge on any atom is 0.236 e. The van der Waals surface area contributed by atoms with Crippen LogP contribution in [0.2, 0.25) is 0 Å². The molecule has 0 bridgehead atoms. The van der Waals surface area contributed by atoms with Crippen LogP contribution in [0.3, 0.4) is 0 Å². The average molecular weight is 356 g/mol. The Hall–Kier alpha value is -1.11. The molecule has 136 valence electrons. The van der Waals surface area contributed by atoms with Gasteiger partial charge in [-0.05, 0) is 12.8 Å². The number of amides is 1. The van der Waals surface area contributed by atoms with E-state index in [9.17, 15) is 4.79 Å². The SMILES string of the molecule is CN(C(=O)CN1CCNCC1c1nccn1C)C1CCCCC1.Cl. The Morgan fingerprint density at radius 2 is 2.12 bits per heavy atom. The summed E-state index contributed by atoms with van der Waals surface area (Å²) in [6.45, 7) is 3.17. The molecule has 1 aliphatic carbocycles. The highest BCUT2D eigenvalue weighted by Gasteiger charge is 2.30. The maximum atomic E-state index is 12.7. The molecule has 1 aromatic heterocycles. The molecule has 3 rings (SSSR count). The molecular weight excluding hydrogens is 326 g/mol. The molecule has 1 amide bonds.